The van der Waals surface area contributed by atoms with Gasteiger partial charge in [0.05, 0.1) is 11.8 Å². The Hall–Kier alpha value is -1.88. The molecule has 0 aliphatic heterocycles. The number of nitrogens with zero attached hydrogens (tertiary/aromatic N) is 1. The van der Waals surface area contributed by atoms with E-state index in [9.17, 15) is 4.79 Å². The van der Waals surface area contributed by atoms with Crippen LogP contribution < -0.4 is 10.9 Å². The minimum atomic E-state index is -0.114. The highest BCUT2D eigenvalue weighted by atomic mass is 16.3. The van der Waals surface area contributed by atoms with Crippen LogP contribution in [-0.2, 0) is 6.54 Å². The van der Waals surface area contributed by atoms with Gasteiger partial charge in [-0.3, -0.25) is 4.79 Å². The van der Waals surface area contributed by atoms with Gasteiger partial charge in [-0.25, -0.2) is 4.98 Å². The van der Waals surface area contributed by atoms with Crippen LogP contribution in [0.25, 0.3) is 11.4 Å². The van der Waals surface area contributed by atoms with Crippen molar-refractivity contribution in [1.82, 2.24) is 15.3 Å². The van der Waals surface area contributed by atoms with Gasteiger partial charge in [0.15, 0.2) is 0 Å². The van der Waals surface area contributed by atoms with E-state index in [1.54, 1.807) is 18.5 Å². The molecule has 0 aliphatic carbocycles. The van der Waals surface area contributed by atoms with E-state index in [1.165, 1.54) is 0 Å². The van der Waals surface area contributed by atoms with Gasteiger partial charge in [-0.05, 0) is 19.5 Å². The first kappa shape index (κ1) is 11.6. The lowest BCUT2D eigenvalue weighted by Crippen LogP contribution is -2.21. The maximum absolute atomic E-state index is 11.8. The first-order valence-electron chi connectivity index (χ1n) is 5.55. The van der Waals surface area contributed by atoms with Gasteiger partial charge in [0.25, 0.3) is 5.56 Å². The van der Waals surface area contributed by atoms with Crippen molar-refractivity contribution in [1.29, 1.82) is 0 Å². The van der Waals surface area contributed by atoms with Crippen LogP contribution in [0, 0.1) is 6.92 Å². The van der Waals surface area contributed by atoms with Gasteiger partial charge in [-0.2, -0.15) is 0 Å². The van der Waals surface area contributed by atoms with Crippen molar-refractivity contribution in [2.75, 3.05) is 6.54 Å². The SMILES string of the molecule is CCNCc1cnc(-c2ccoc2C)[nH]c1=O. The van der Waals surface area contributed by atoms with Crippen LogP contribution in [0.15, 0.2) is 27.7 Å². The Labute approximate surface area is 98.9 Å². The van der Waals surface area contributed by atoms with Crippen LogP contribution in [0.2, 0.25) is 0 Å². The maximum Gasteiger partial charge on any atom is 0.255 e. The Morgan fingerprint density at radius 2 is 2.35 bits per heavy atom. The lowest BCUT2D eigenvalue weighted by atomic mass is 10.2. The lowest BCUT2D eigenvalue weighted by molar-refractivity contribution is 0.535. The van der Waals surface area contributed by atoms with E-state index in [-0.39, 0.29) is 5.56 Å². The molecule has 2 heterocycles. The molecular formula is C12H15N3O2. The van der Waals surface area contributed by atoms with Gasteiger partial charge < -0.3 is 14.7 Å². The average molecular weight is 233 g/mol. The molecule has 0 spiro atoms. The predicted octanol–water partition coefficient (Wildman–Crippen LogP) is 1.45. The largest absolute Gasteiger partial charge is 0.469 e. The van der Waals surface area contributed by atoms with Crippen LogP contribution >= 0.6 is 0 Å². The molecule has 2 rings (SSSR count). The average Bonchev–Trinajstić information content (AvgIpc) is 2.74. The molecule has 90 valence electrons. The molecule has 0 fully saturated rings. The topological polar surface area (TPSA) is 70.9 Å². The molecule has 2 aromatic heterocycles. The fraction of sp³-hybridized carbons (Fsp3) is 0.333. The van der Waals surface area contributed by atoms with E-state index < -0.39 is 0 Å². The van der Waals surface area contributed by atoms with Crippen LogP contribution in [0.4, 0.5) is 0 Å². The molecule has 0 saturated heterocycles. The first-order valence-corrected chi connectivity index (χ1v) is 5.55. The van der Waals surface area contributed by atoms with Gasteiger partial charge in [-0.15, -0.1) is 0 Å². The molecule has 0 atom stereocenters. The number of hydrogen-bond acceptors (Lipinski definition) is 4. The quantitative estimate of drug-likeness (QED) is 0.838. The number of hydrogen-bond donors (Lipinski definition) is 2. The van der Waals surface area contributed by atoms with E-state index >= 15 is 0 Å². The van der Waals surface area contributed by atoms with Crippen molar-refractivity contribution in [3.05, 3.63) is 40.2 Å². The summed E-state index contributed by atoms with van der Waals surface area (Å²) in [5.41, 5.74) is 1.34. The number of aromatic nitrogens is 2. The van der Waals surface area contributed by atoms with Crippen molar-refractivity contribution < 1.29 is 4.42 Å². The van der Waals surface area contributed by atoms with Gasteiger partial charge in [0, 0.05) is 18.3 Å². The Morgan fingerprint density at radius 3 is 2.94 bits per heavy atom. The summed E-state index contributed by atoms with van der Waals surface area (Å²) < 4.78 is 5.18. The molecule has 5 heteroatoms. The molecule has 0 aromatic carbocycles. The van der Waals surface area contributed by atoms with Gasteiger partial charge in [0.2, 0.25) is 0 Å². The second-order valence-corrected chi connectivity index (χ2v) is 3.76. The zero-order chi connectivity index (χ0) is 12.3. The molecule has 17 heavy (non-hydrogen) atoms. The molecule has 0 aliphatic rings. The van der Waals surface area contributed by atoms with Crippen LogP contribution in [-0.4, -0.2) is 16.5 Å². The van der Waals surface area contributed by atoms with Crippen molar-refractivity contribution in [3.63, 3.8) is 0 Å². The number of aryl methyl sites for hydroxylation is 1. The van der Waals surface area contributed by atoms with Crippen molar-refractivity contribution in [2.45, 2.75) is 20.4 Å². The Bertz CT molecular complexity index is 557. The van der Waals surface area contributed by atoms with E-state index in [0.29, 0.717) is 17.9 Å². The highest BCUT2D eigenvalue weighted by Crippen LogP contribution is 2.18. The highest BCUT2D eigenvalue weighted by molar-refractivity contribution is 5.56. The van der Waals surface area contributed by atoms with E-state index in [4.69, 9.17) is 4.42 Å². The fourth-order valence-corrected chi connectivity index (χ4v) is 1.57. The first-order chi connectivity index (χ1) is 8.22. The smallest absolute Gasteiger partial charge is 0.255 e. The van der Waals surface area contributed by atoms with Crippen LogP contribution in [0.5, 0.6) is 0 Å². The third-order valence-electron chi connectivity index (χ3n) is 2.55. The fourth-order valence-electron chi connectivity index (χ4n) is 1.57. The third kappa shape index (κ3) is 2.45. The molecule has 0 radical (unpaired) electrons. The van der Waals surface area contributed by atoms with E-state index in [1.807, 2.05) is 13.8 Å². The molecule has 0 bridgehead atoms. The number of nitrogens with one attached hydrogen (secondary N) is 2. The zero-order valence-electron chi connectivity index (χ0n) is 9.91. The van der Waals surface area contributed by atoms with Crippen molar-refractivity contribution in [3.8, 4) is 11.4 Å². The number of H-pyrrole nitrogens is 1. The molecule has 0 amide bonds. The van der Waals surface area contributed by atoms with Gasteiger partial charge >= 0.3 is 0 Å². The summed E-state index contributed by atoms with van der Waals surface area (Å²) in [5.74, 6) is 1.29. The maximum atomic E-state index is 11.8. The molecule has 5 nitrogen and oxygen atoms in total. The molecule has 2 aromatic rings. The summed E-state index contributed by atoms with van der Waals surface area (Å²) in [5, 5.41) is 3.09. The minimum absolute atomic E-state index is 0.114. The summed E-state index contributed by atoms with van der Waals surface area (Å²) in [6, 6.07) is 1.79. The van der Waals surface area contributed by atoms with Gasteiger partial charge in [-0.1, -0.05) is 6.92 Å². The predicted molar refractivity (Wildman–Crippen MR) is 64.7 cm³/mol. The monoisotopic (exact) mass is 233 g/mol. The van der Waals surface area contributed by atoms with Crippen LogP contribution in [0.3, 0.4) is 0 Å². The highest BCUT2D eigenvalue weighted by Gasteiger charge is 2.08. The zero-order valence-corrected chi connectivity index (χ0v) is 9.91. The van der Waals surface area contributed by atoms with Crippen molar-refractivity contribution >= 4 is 0 Å². The Morgan fingerprint density at radius 1 is 1.53 bits per heavy atom. The molecule has 0 unspecified atom stereocenters. The molecular weight excluding hydrogens is 218 g/mol. The van der Waals surface area contributed by atoms with Crippen molar-refractivity contribution in [2.24, 2.45) is 0 Å². The summed E-state index contributed by atoms with van der Waals surface area (Å²) in [7, 11) is 0. The normalized spacial score (nSPS) is 10.7. The second kappa shape index (κ2) is 4.97. The molecule has 0 saturated carbocycles. The summed E-state index contributed by atoms with van der Waals surface area (Å²) >= 11 is 0. The number of aromatic amines is 1. The Kier molecular flexibility index (Phi) is 3.39. The number of furan rings is 1. The lowest BCUT2D eigenvalue weighted by Gasteiger charge is -2.02. The summed E-state index contributed by atoms with van der Waals surface area (Å²) in [6.07, 6.45) is 3.18. The Balaban J connectivity index is 2.31. The molecule has 2 N–H and O–H groups in total. The van der Waals surface area contributed by atoms with Crippen LogP contribution in [0.1, 0.15) is 18.2 Å². The van der Waals surface area contributed by atoms with E-state index in [0.717, 1.165) is 17.9 Å². The third-order valence-corrected chi connectivity index (χ3v) is 2.55. The minimum Gasteiger partial charge on any atom is -0.469 e. The van der Waals surface area contributed by atoms with Gasteiger partial charge in [0.1, 0.15) is 11.6 Å². The second-order valence-electron chi connectivity index (χ2n) is 3.76. The number of rotatable bonds is 4. The summed E-state index contributed by atoms with van der Waals surface area (Å²) in [6.45, 7) is 5.18. The standard InChI is InChI=1S/C12H15N3O2/c1-3-13-6-9-7-14-11(15-12(9)16)10-4-5-17-8(10)2/h4-5,7,13H,3,6H2,1-2H3,(H,14,15,16). The summed E-state index contributed by atoms with van der Waals surface area (Å²) in [4.78, 5) is 18.8. The van der Waals surface area contributed by atoms with E-state index in [2.05, 4.69) is 15.3 Å².